The molecule has 106 valence electrons. The fourth-order valence-electron chi connectivity index (χ4n) is 1.90. The average molecular weight is 383 g/mol. The van der Waals surface area contributed by atoms with Crippen LogP contribution in [0.15, 0.2) is 52.8 Å². The van der Waals surface area contributed by atoms with E-state index in [0.717, 1.165) is 4.47 Å². The van der Waals surface area contributed by atoms with Crippen molar-refractivity contribution in [2.45, 2.75) is 0 Å². The van der Waals surface area contributed by atoms with Gasteiger partial charge in [-0.25, -0.2) is 4.98 Å². The van der Waals surface area contributed by atoms with Gasteiger partial charge in [-0.3, -0.25) is 4.79 Å². The largest absolute Gasteiger partial charge is 0.319 e. The highest BCUT2D eigenvalue weighted by atomic mass is 79.9. The van der Waals surface area contributed by atoms with E-state index < -0.39 is 0 Å². The Morgan fingerprint density at radius 3 is 2.90 bits per heavy atom. The Balaban J connectivity index is 1.98. The number of anilines is 1. The molecule has 3 aromatic rings. The first-order valence-electron chi connectivity index (χ1n) is 5.98. The first-order valence-corrected chi connectivity index (χ1v) is 8.03. The van der Waals surface area contributed by atoms with Crippen LogP contribution < -0.4 is 5.32 Å². The molecule has 2 heterocycles. The van der Waals surface area contributed by atoms with Gasteiger partial charge in [0.1, 0.15) is 4.88 Å². The number of hydrogen-bond acceptors (Lipinski definition) is 3. The number of carbonyl (C=O) groups excluding carboxylic acids is 1. The molecule has 0 aliphatic rings. The maximum absolute atomic E-state index is 12.3. The van der Waals surface area contributed by atoms with E-state index >= 15 is 0 Å². The van der Waals surface area contributed by atoms with Crippen molar-refractivity contribution in [1.82, 2.24) is 9.55 Å². The van der Waals surface area contributed by atoms with E-state index in [1.165, 1.54) is 11.3 Å². The molecule has 21 heavy (non-hydrogen) atoms. The van der Waals surface area contributed by atoms with E-state index in [2.05, 4.69) is 26.2 Å². The van der Waals surface area contributed by atoms with Crippen LogP contribution in [-0.2, 0) is 0 Å². The third kappa shape index (κ3) is 2.88. The zero-order valence-corrected chi connectivity index (χ0v) is 13.7. The van der Waals surface area contributed by atoms with Gasteiger partial charge in [-0.1, -0.05) is 17.7 Å². The van der Waals surface area contributed by atoms with Gasteiger partial charge in [0, 0.05) is 16.9 Å². The molecule has 0 saturated carbocycles. The molecule has 4 nitrogen and oxygen atoms in total. The fraction of sp³-hybridized carbons (Fsp3) is 0. The molecule has 2 aromatic heterocycles. The summed E-state index contributed by atoms with van der Waals surface area (Å²) < 4.78 is 2.54. The summed E-state index contributed by atoms with van der Waals surface area (Å²) in [7, 11) is 0. The molecule has 1 N–H and O–H groups in total. The maximum Gasteiger partial charge on any atom is 0.266 e. The van der Waals surface area contributed by atoms with Crippen molar-refractivity contribution in [2.24, 2.45) is 0 Å². The summed E-state index contributed by atoms with van der Waals surface area (Å²) in [4.78, 5) is 17.0. The predicted molar refractivity (Wildman–Crippen MR) is 88.5 cm³/mol. The Hall–Kier alpha value is -1.63. The molecule has 7 heteroatoms. The topological polar surface area (TPSA) is 46.9 Å². The van der Waals surface area contributed by atoms with E-state index in [1.54, 1.807) is 41.5 Å². The summed E-state index contributed by atoms with van der Waals surface area (Å²) in [5.74, 6) is -0.180. The summed E-state index contributed by atoms with van der Waals surface area (Å²) in [6.07, 6.45) is 5.07. The lowest BCUT2D eigenvalue weighted by Crippen LogP contribution is -2.13. The number of aromatic nitrogens is 2. The van der Waals surface area contributed by atoms with Crippen molar-refractivity contribution < 1.29 is 4.79 Å². The Kier molecular flexibility index (Phi) is 4.10. The van der Waals surface area contributed by atoms with Gasteiger partial charge in [-0.05, 0) is 39.5 Å². The van der Waals surface area contributed by atoms with Crippen LogP contribution in [0, 0.1) is 0 Å². The van der Waals surface area contributed by atoms with Gasteiger partial charge in [0.2, 0.25) is 0 Å². The number of rotatable bonds is 3. The van der Waals surface area contributed by atoms with Gasteiger partial charge in [-0.15, -0.1) is 11.3 Å². The number of nitrogens with one attached hydrogen (secondary N) is 1. The van der Waals surface area contributed by atoms with Crippen LogP contribution in [0.1, 0.15) is 9.67 Å². The standard InChI is InChI=1S/C14H9BrClN3OS/c15-9-4-7-21-13(9)14(20)18-11-3-1-2-10(16)12(11)19-6-5-17-8-19/h1-8H,(H,18,20). The van der Waals surface area contributed by atoms with Crippen molar-refractivity contribution in [1.29, 1.82) is 0 Å². The molecule has 0 saturated heterocycles. The molecule has 0 aliphatic heterocycles. The second-order valence-electron chi connectivity index (χ2n) is 4.16. The monoisotopic (exact) mass is 381 g/mol. The number of thiophene rings is 1. The minimum absolute atomic E-state index is 0.180. The SMILES string of the molecule is O=C(Nc1cccc(Cl)c1-n1ccnc1)c1sccc1Br. The Labute approximate surface area is 138 Å². The van der Waals surface area contributed by atoms with Crippen LogP contribution >= 0.6 is 38.9 Å². The molecule has 0 unspecified atom stereocenters. The van der Waals surface area contributed by atoms with Crippen LogP contribution in [0.2, 0.25) is 5.02 Å². The van der Waals surface area contributed by atoms with Gasteiger partial charge in [0.15, 0.2) is 0 Å². The summed E-state index contributed by atoms with van der Waals surface area (Å²) in [6, 6.07) is 7.21. The smallest absolute Gasteiger partial charge is 0.266 e. The zero-order valence-electron chi connectivity index (χ0n) is 10.6. The lowest BCUT2D eigenvalue weighted by atomic mass is 10.2. The number of halogens is 2. The average Bonchev–Trinajstić information content (AvgIpc) is 3.10. The molecule has 0 atom stereocenters. The van der Waals surface area contributed by atoms with Crippen molar-refractivity contribution >= 4 is 50.5 Å². The molecule has 3 rings (SSSR count). The first kappa shape index (κ1) is 14.3. The van der Waals surface area contributed by atoms with Crippen LogP contribution in [0.25, 0.3) is 5.69 Å². The number of hydrogen-bond donors (Lipinski definition) is 1. The van der Waals surface area contributed by atoms with E-state index in [1.807, 2.05) is 11.4 Å². The van der Waals surface area contributed by atoms with Crippen molar-refractivity contribution in [2.75, 3.05) is 5.32 Å². The van der Waals surface area contributed by atoms with Crippen molar-refractivity contribution in [3.63, 3.8) is 0 Å². The van der Waals surface area contributed by atoms with Crippen molar-refractivity contribution in [3.8, 4) is 5.69 Å². The van der Waals surface area contributed by atoms with Gasteiger partial charge < -0.3 is 9.88 Å². The summed E-state index contributed by atoms with van der Waals surface area (Å²) in [5.41, 5.74) is 1.32. The van der Waals surface area contributed by atoms with Gasteiger partial charge in [-0.2, -0.15) is 0 Å². The summed E-state index contributed by atoms with van der Waals surface area (Å²) >= 11 is 11.0. The molecule has 1 aromatic carbocycles. The highest BCUT2D eigenvalue weighted by molar-refractivity contribution is 9.10. The molecule has 0 bridgehead atoms. The van der Waals surface area contributed by atoms with Crippen LogP contribution in [-0.4, -0.2) is 15.5 Å². The molecule has 0 aliphatic carbocycles. The lowest BCUT2D eigenvalue weighted by molar-refractivity contribution is 0.103. The fourth-order valence-corrected chi connectivity index (χ4v) is 3.62. The van der Waals surface area contributed by atoms with Crippen LogP contribution in [0.3, 0.4) is 0 Å². The van der Waals surface area contributed by atoms with E-state index in [-0.39, 0.29) is 5.91 Å². The van der Waals surface area contributed by atoms with Crippen molar-refractivity contribution in [3.05, 3.63) is 62.7 Å². The second kappa shape index (κ2) is 6.01. The lowest BCUT2D eigenvalue weighted by Gasteiger charge is -2.13. The predicted octanol–water partition coefficient (Wildman–Crippen LogP) is 4.60. The number of nitrogens with zero attached hydrogens (tertiary/aromatic N) is 2. The number of imidazole rings is 1. The molecule has 0 radical (unpaired) electrons. The third-order valence-electron chi connectivity index (χ3n) is 2.82. The Bertz CT molecular complexity index is 785. The van der Waals surface area contributed by atoms with E-state index in [4.69, 9.17) is 11.6 Å². The number of carbonyl (C=O) groups is 1. The van der Waals surface area contributed by atoms with E-state index in [9.17, 15) is 4.79 Å². The Morgan fingerprint density at radius 1 is 1.38 bits per heavy atom. The maximum atomic E-state index is 12.3. The highest BCUT2D eigenvalue weighted by Gasteiger charge is 2.15. The van der Waals surface area contributed by atoms with Gasteiger partial charge >= 0.3 is 0 Å². The molecule has 0 spiro atoms. The quantitative estimate of drug-likeness (QED) is 0.719. The molecule has 1 amide bonds. The minimum atomic E-state index is -0.180. The summed E-state index contributed by atoms with van der Waals surface area (Å²) in [5, 5.41) is 5.28. The van der Waals surface area contributed by atoms with Crippen LogP contribution in [0.5, 0.6) is 0 Å². The second-order valence-corrected chi connectivity index (χ2v) is 6.34. The highest BCUT2D eigenvalue weighted by Crippen LogP contribution is 2.30. The normalized spacial score (nSPS) is 10.6. The molecular weight excluding hydrogens is 374 g/mol. The van der Waals surface area contributed by atoms with Gasteiger partial charge in [0.25, 0.3) is 5.91 Å². The number of benzene rings is 1. The first-order chi connectivity index (χ1) is 10.2. The van der Waals surface area contributed by atoms with Gasteiger partial charge in [0.05, 0.1) is 22.7 Å². The number of amides is 1. The zero-order chi connectivity index (χ0) is 14.8. The van der Waals surface area contributed by atoms with E-state index in [0.29, 0.717) is 21.3 Å². The molecular formula is C14H9BrClN3OS. The molecule has 0 fully saturated rings. The van der Waals surface area contributed by atoms with Crippen LogP contribution in [0.4, 0.5) is 5.69 Å². The minimum Gasteiger partial charge on any atom is -0.319 e. The third-order valence-corrected chi connectivity index (χ3v) is 4.96. The number of para-hydroxylation sites is 1. The Morgan fingerprint density at radius 2 is 2.24 bits per heavy atom. The summed E-state index contributed by atoms with van der Waals surface area (Å²) in [6.45, 7) is 0.